The highest BCUT2D eigenvalue weighted by molar-refractivity contribution is 6.32. The Labute approximate surface area is 333 Å². The Balaban J connectivity index is 1.16. The summed E-state index contributed by atoms with van der Waals surface area (Å²) in [6.45, 7) is 1.67. The maximum absolute atomic E-state index is 14.8. The number of imide groups is 2. The fourth-order valence-electron chi connectivity index (χ4n) is 9.21. The van der Waals surface area contributed by atoms with Crippen molar-refractivity contribution in [1.29, 1.82) is 0 Å². The van der Waals surface area contributed by atoms with Crippen LogP contribution in [0.15, 0.2) is 101 Å². The number of carbonyl (C=O) groups excluding carboxylic acids is 4. The maximum Gasteiger partial charge on any atom is 0.241 e. The van der Waals surface area contributed by atoms with E-state index in [2.05, 4.69) is 10.2 Å². The molecule has 0 aromatic heterocycles. The summed E-state index contributed by atoms with van der Waals surface area (Å²) < 4.78 is 25.4. The Bertz CT molecular complexity index is 2400. The molecule has 4 aromatic rings. The molecule has 3 fully saturated rings. The highest BCUT2D eigenvalue weighted by atomic mass is 35.5. The first kappa shape index (κ1) is 37.8. The molecule has 57 heavy (non-hydrogen) atoms. The number of nitrogens with zero attached hydrogens (tertiary/aromatic N) is 5. The first-order valence-electron chi connectivity index (χ1n) is 18.4. The van der Waals surface area contributed by atoms with E-state index in [1.165, 1.54) is 37.3 Å². The number of azo groups is 1. The number of hydrogen-bond donors (Lipinski definition) is 1. The van der Waals surface area contributed by atoms with Crippen molar-refractivity contribution in [3.63, 3.8) is 0 Å². The number of rotatable bonds is 8. The van der Waals surface area contributed by atoms with E-state index in [0.29, 0.717) is 28.4 Å². The lowest BCUT2D eigenvalue weighted by Gasteiger charge is -2.49. The van der Waals surface area contributed by atoms with E-state index in [9.17, 15) is 28.7 Å². The van der Waals surface area contributed by atoms with Crippen LogP contribution in [0.3, 0.4) is 0 Å². The Morgan fingerprint density at radius 1 is 0.825 bits per heavy atom. The summed E-state index contributed by atoms with van der Waals surface area (Å²) in [5, 5.41) is 20.0. The number of hydrogen-bond acceptors (Lipinski definition) is 10. The smallest absolute Gasteiger partial charge is 0.241 e. The third-order valence-corrected chi connectivity index (χ3v) is 12.3. The summed E-state index contributed by atoms with van der Waals surface area (Å²) >= 11 is 6.13. The monoisotopic (exact) mass is 791 g/mol. The lowest BCUT2D eigenvalue weighted by Crippen LogP contribution is -2.49. The van der Waals surface area contributed by atoms with E-state index in [0.717, 1.165) is 16.7 Å². The van der Waals surface area contributed by atoms with Crippen LogP contribution in [-0.4, -0.2) is 57.1 Å². The Morgan fingerprint density at radius 2 is 1.47 bits per heavy atom. The second-order valence-corrected chi connectivity index (χ2v) is 15.6. The highest BCUT2D eigenvalue weighted by Gasteiger charge is 2.68. The molecule has 6 unspecified atom stereocenters. The van der Waals surface area contributed by atoms with E-state index in [-0.39, 0.29) is 46.5 Å². The van der Waals surface area contributed by atoms with Gasteiger partial charge < -0.3 is 19.5 Å². The maximum atomic E-state index is 14.8. The molecule has 12 nitrogen and oxygen atoms in total. The van der Waals surface area contributed by atoms with Gasteiger partial charge in [0.25, 0.3) is 0 Å². The number of methoxy groups -OCH3 is 2. The zero-order valence-electron chi connectivity index (χ0n) is 31.8. The average molecular weight is 792 g/mol. The molecule has 6 atom stereocenters. The van der Waals surface area contributed by atoms with Gasteiger partial charge in [-0.05, 0) is 92.4 Å². The number of amides is 4. The van der Waals surface area contributed by atoms with E-state index >= 15 is 0 Å². The van der Waals surface area contributed by atoms with Gasteiger partial charge in [0.05, 0.1) is 65.2 Å². The lowest BCUT2D eigenvalue weighted by molar-refractivity contribution is -0.131. The minimum Gasteiger partial charge on any atom is -0.507 e. The summed E-state index contributed by atoms with van der Waals surface area (Å²) in [6.07, 6.45) is 2.13. The van der Waals surface area contributed by atoms with Gasteiger partial charge >= 0.3 is 0 Å². The van der Waals surface area contributed by atoms with Crippen LogP contribution in [0, 0.1) is 34.9 Å². The number of anilines is 3. The number of fused-ring (bicyclic) bond motifs is 4. The summed E-state index contributed by atoms with van der Waals surface area (Å²) in [6, 6.07) is 20.8. The van der Waals surface area contributed by atoms with Gasteiger partial charge in [-0.1, -0.05) is 23.3 Å². The molecule has 0 spiro atoms. The number of benzene rings is 4. The third-order valence-electron chi connectivity index (χ3n) is 12.0. The molecule has 2 aliphatic heterocycles. The molecule has 2 heterocycles. The molecule has 292 valence electrons. The number of phenolic OH excluding ortho intramolecular Hbond substituents is 1. The number of ether oxygens (including phenoxy) is 2. The van der Waals surface area contributed by atoms with Crippen LogP contribution in [-0.2, 0) is 19.2 Å². The lowest BCUT2D eigenvalue weighted by atomic mass is 9.51. The van der Waals surface area contributed by atoms with Gasteiger partial charge in [0, 0.05) is 43.4 Å². The SMILES string of the molecule is COc1cc(O)c(C2C3=CCC4C(=O)N(c5ccc(N=Nc6ccc(N(C)C)cc6)cc5)C(=O)C4C3CC3C(=O)N(c4ccc(F)c(Cl)c4)C(=O)C32C)c(OC)c1. The topological polar surface area (TPSA) is 141 Å². The van der Waals surface area contributed by atoms with Crippen molar-refractivity contribution in [1.82, 2.24) is 0 Å². The van der Waals surface area contributed by atoms with Gasteiger partial charge in [-0.25, -0.2) is 9.29 Å². The van der Waals surface area contributed by atoms with Crippen molar-refractivity contribution in [2.45, 2.75) is 25.7 Å². The Hall–Kier alpha value is -6.08. The summed E-state index contributed by atoms with van der Waals surface area (Å²) in [5.41, 5.74) is 2.06. The van der Waals surface area contributed by atoms with Crippen molar-refractivity contribution < 1.29 is 38.1 Å². The molecule has 8 rings (SSSR count). The number of halogens is 2. The average Bonchev–Trinajstić information content (AvgIpc) is 3.57. The number of phenols is 1. The van der Waals surface area contributed by atoms with Crippen LogP contribution in [0.5, 0.6) is 17.2 Å². The molecular formula is C43H39ClFN5O7. The van der Waals surface area contributed by atoms with Crippen molar-refractivity contribution in [2.24, 2.45) is 39.3 Å². The normalized spacial score (nSPS) is 25.4. The zero-order valence-corrected chi connectivity index (χ0v) is 32.5. The molecule has 0 radical (unpaired) electrons. The van der Waals surface area contributed by atoms with Gasteiger partial charge in [0.15, 0.2) is 0 Å². The van der Waals surface area contributed by atoms with E-state index in [1.807, 2.05) is 49.3 Å². The summed E-state index contributed by atoms with van der Waals surface area (Å²) in [7, 11) is 6.76. The van der Waals surface area contributed by atoms with Gasteiger partial charge in [0.1, 0.15) is 23.1 Å². The van der Waals surface area contributed by atoms with Gasteiger partial charge in [0.2, 0.25) is 23.6 Å². The van der Waals surface area contributed by atoms with E-state index in [4.69, 9.17) is 21.1 Å². The van der Waals surface area contributed by atoms with Crippen LogP contribution in [0.4, 0.5) is 32.8 Å². The number of allylic oxidation sites excluding steroid dienone is 2. The largest absolute Gasteiger partial charge is 0.507 e. The predicted octanol–water partition coefficient (Wildman–Crippen LogP) is 8.12. The first-order valence-corrected chi connectivity index (χ1v) is 18.8. The van der Waals surface area contributed by atoms with Crippen molar-refractivity contribution in [3.05, 3.63) is 107 Å². The Kier molecular flexibility index (Phi) is 9.38. The zero-order chi connectivity index (χ0) is 40.5. The third kappa shape index (κ3) is 5.94. The van der Waals surface area contributed by atoms with Crippen LogP contribution in [0.1, 0.15) is 31.2 Å². The number of carbonyl (C=O) groups is 4. The van der Waals surface area contributed by atoms with Crippen molar-refractivity contribution in [2.75, 3.05) is 43.0 Å². The Morgan fingerprint density at radius 3 is 2.09 bits per heavy atom. The van der Waals surface area contributed by atoms with Crippen LogP contribution < -0.4 is 24.2 Å². The van der Waals surface area contributed by atoms with Gasteiger partial charge in [-0.15, -0.1) is 0 Å². The molecule has 0 bridgehead atoms. The molecule has 4 aliphatic rings. The molecule has 14 heteroatoms. The fraction of sp³-hybridized carbons (Fsp3) is 0.302. The predicted molar refractivity (Wildman–Crippen MR) is 211 cm³/mol. The molecule has 1 saturated carbocycles. The molecule has 4 amide bonds. The van der Waals surface area contributed by atoms with Crippen LogP contribution in [0.25, 0.3) is 0 Å². The van der Waals surface area contributed by atoms with Crippen LogP contribution in [0.2, 0.25) is 5.02 Å². The minimum atomic E-state index is -1.50. The summed E-state index contributed by atoms with van der Waals surface area (Å²) in [4.78, 5) is 62.3. The summed E-state index contributed by atoms with van der Waals surface area (Å²) in [5.74, 6) is -6.62. The fourth-order valence-corrected chi connectivity index (χ4v) is 9.39. The molecule has 1 N–H and O–H groups in total. The number of aromatic hydroxyl groups is 1. The molecule has 4 aromatic carbocycles. The first-order chi connectivity index (χ1) is 27.3. The van der Waals surface area contributed by atoms with Gasteiger partial charge in [-0.3, -0.25) is 24.1 Å². The standard InChI is InChI=1S/C43H39ClFN5O7/c1-43-31(40(53)50(42(43)55)26-14-17-33(45)32(44)18-26)21-30-28(38(43)37-34(51)19-27(56-4)20-35(37)57-5)15-16-29-36(30)41(54)49(39(29)52)25-12-8-23(9-13-25)47-46-22-6-10-24(11-7-22)48(2)3/h6-15,17-20,29-31,36,38,51H,16,21H2,1-5H3. The second-order valence-electron chi connectivity index (χ2n) is 15.2. The second kappa shape index (κ2) is 14.1. The van der Waals surface area contributed by atoms with Crippen molar-refractivity contribution in [3.8, 4) is 17.2 Å². The van der Waals surface area contributed by atoms with Crippen molar-refractivity contribution >= 4 is 63.7 Å². The van der Waals surface area contributed by atoms with E-state index < -0.39 is 58.5 Å². The minimum absolute atomic E-state index is 0.0664. The quantitative estimate of drug-likeness (QED) is 0.107. The van der Waals surface area contributed by atoms with Crippen LogP contribution >= 0.6 is 11.6 Å². The molecule has 2 aliphatic carbocycles. The van der Waals surface area contributed by atoms with Gasteiger partial charge in [-0.2, -0.15) is 10.2 Å². The van der Waals surface area contributed by atoms with E-state index in [1.54, 1.807) is 37.3 Å². The molecule has 2 saturated heterocycles. The molecular weight excluding hydrogens is 753 g/mol. The highest BCUT2D eigenvalue weighted by Crippen LogP contribution is 2.65.